The second-order valence-electron chi connectivity index (χ2n) is 13.4. The smallest absolute Gasteiger partial charge is 0.227 e. The van der Waals surface area contributed by atoms with Crippen molar-refractivity contribution in [2.45, 2.75) is 0 Å². The van der Waals surface area contributed by atoms with Crippen LogP contribution in [0.1, 0.15) is 0 Å². The molecule has 0 radical (unpaired) electrons. The highest BCUT2D eigenvalue weighted by Gasteiger charge is 2.25. The quantitative estimate of drug-likeness (QED) is 0.178. The molecule has 0 amide bonds. The zero-order valence-corrected chi connectivity index (χ0v) is 29.6. The zero-order valence-electron chi connectivity index (χ0n) is 28.8. The van der Waals surface area contributed by atoms with Gasteiger partial charge in [0, 0.05) is 42.4 Å². The lowest BCUT2D eigenvalue weighted by atomic mass is 9.93. The number of benzene rings is 8. The van der Waals surface area contributed by atoms with Gasteiger partial charge in [0.2, 0.25) is 5.89 Å². The lowest BCUT2D eigenvalue weighted by Crippen LogP contribution is -2.02. The number of hydrogen-bond donors (Lipinski definition) is 0. The van der Waals surface area contributed by atoms with Crippen LogP contribution in [0.3, 0.4) is 0 Å². The lowest BCUT2D eigenvalue weighted by Gasteiger charge is -2.15. The lowest BCUT2D eigenvalue weighted by molar-refractivity contribution is 0.621. The normalized spacial score (nSPS) is 11.7. The number of hydrogen-bond acceptors (Lipinski definition) is 6. The van der Waals surface area contributed by atoms with Crippen LogP contribution in [0.4, 0.5) is 0 Å². The molecular formula is C48H28N4OS. The number of fused-ring (bicyclic) bond motifs is 6. The van der Waals surface area contributed by atoms with E-state index < -0.39 is 0 Å². The first-order valence-electron chi connectivity index (χ1n) is 17.9. The van der Waals surface area contributed by atoms with Crippen LogP contribution in [0.25, 0.3) is 110 Å². The third-order valence-corrected chi connectivity index (χ3v) is 11.3. The minimum Gasteiger partial charge on any atom is -0.435 e. The molecule has 0 unspecified atom stereocenters. The van der Waals surface area contributed by atoms with E-state index in [1.807, 2.05) is 36.4 Å². The Labute approximate surface area is 313 Å². The van der Waals surface area contributed by atoms with Crippen LogP contribution in [0.5, 0.6) is 0 Å². The summed E-state index contributed by atoms with van der Waals surface area (Å²) in [4.78, 5) is 21.1. The molecule has 0 saturated heterocycles. The molecule has 0 N–H and O–H groups in total. The summed E-state index contributed by atoms with van der Waals surface area (Å²) in [5.41, 5.74) is 7.11. The minimum absolute atomic E-state index is 0.533. The van der Waals surface area contributed by atoms with Gasteiger partial charge in [0.05, 0.1) is 5.56 Å². The SMILES string of the molecule is c1ccc(-c2nc3cc4sc5ccccc5c4c(-c4nc(-c5ccc6ccccc6c5)nc(-c5ccc6ccccc6c5-c5ccccc5)n4)c3o2)cc1. The molecule has 3 heterocycles. The first-order chi connectivity index (χ1) is 26.7. The molecule has 0 saturated carbocycles. The Hall–Kier alpha value is -7.02. The fourth-order valence-corrected chi connectivity index (χ4v) is 8.78. The minimum atomic E-state index is 0.533. The average molecular weight is 709 g/mol. The predicted octanol–water partition coefficient (Wildman–Crippen LogP) is 13.0. The van der Waals surface area contributed by atoms with Gasteiger partial charge in [-0.3, -0.25) is 0 Å². The fourth-order valence-electron chi connectivity index (χ4n) is 7.63. The largest absolute Gasteiger partial charge is 0.435 e. The van der Waals surface area contributed by atoms with E-state index in [2.05, 4.69) is 133 Å². The Morgan fingerprint density at radius 2 is 1.06 bits per heavy atom. The van der Waals surface area contributed by atoms with Crippen molar-refractivity contribution < 1.29 is 4.42 Å². The monoisotopic (exact) mass is 708 g/mol. The van der Waals surface area contributed by atoms with Gasteiger partial charge in [-0.15, -0.1) is 11.3 Å². The Bertz CT molecular complexity index is 3220. The molecule has 0 aliphatic carbocycles. The van der Waals surface area contributed by atoms with Crippen molar-refractivity contribution in [3.05, 3.63) is 170 Å². The Balaban J connectivity index is 1.26. The molecule has 0 aliphatic rings. The molecule has 3 aromatic heterocycles. The van der Waals surface area contributed by atoms with Crippen LogP contribution in [0, 0.1) is 0 Å². The molecule has 11 rings (SSSR count). The van der Waals surface area contributed by atoms with E-state index in [4.69, 9.17) is 24.4 Å². The molecule has 0 fully saturated rings. The van der Waals surface area contributed by atoms with E-state index in [-0.39, 0.29) is 0 Å². The molecule has 252 valence electrons. The van der Waals surface area contributed by atoms with E-state index in [9.17, 15) is 0 Å². The topological polar surface area (TPSA) is 64.7 Å². The van der Waals surface area contributed by atoms with Gasteiger partial charge in [0.25, 0.3) is 0 Å². The summed E-state index contributed by atoms with van der Waals surface area (Å²) in [7, 11) is 0. The maximum absolute atomic E-state index is 6.76. The second kappa shape index (κ2) is 12.3. The Morgan fingerprint density at radius 1 is 0.407 bits per heavy atom. The van der Waals surface area contributed by atoms with Gasteiger partial charge in [-0.25, -0.2) is 19.9 Å². The second-order valence-corrected chi connectivity index (χ2v) is 14.5. The van der Waals surface area contributed by atoms with Gasteiger partial charge in [0.1, 0.15) is 5.52 Å². The summed E-state index contributed by atoms with van der Waals surface area (Å²) >= 11 is 1.74. The summed E-state index contributed by atoms with van der Waals surface area (Å²) < 4.78 is 9.03. The van der Waals surface area contributed by atoms with Crippen molar-refractivity contribution in [2.24, 2.45) is 0 Å². The van der Waals surface area contributed by atoms with Crippen molar-refractivity contribution in [3.63, 3.8) is 0 Å². The van der Waals surface area contributed by atoms with Crippen LogP contribution in [-0.2, 0) is 0 Å². The van der Waals surface area contributed by atoms with Crippen LogP contribution in [-0.4, -0.2) is 19.9 Å². The fraction of sp³-hybridized carbons (Fsp3) is 0. The van der Waals surface area contributed by atoms with Crippen molar-refractivity contribution in [2.75, 3.05) is 0 Å². The van der Waals surface area contributed by atoms with E-state index in [1.165, 1.54) is 4.70 Å². The van der Waals surface area contributed by atoms with Crippen molar-refractivity contribution in [1.29, 1.82) is 0 Å². The van der Waals surface area contributed by atoms with Gasteiger partial charge in [0.15, 0.2) is 23.1 Å². The maximum atomic E-state index is 6.76. The molecule has 0 spiro atoms. The van der Waals surface area contributed by atoms with E-state index in [0.717, 1.165) is 75.9 Å². The molecule has 6 heteroatoms. The highest BCUT2D eigenvalue weighted by atomic mass is 32.1. The molecule has 0 aliphatic heterocycles. The molecule has 5 nitrogen and oxygen atoms in total. The van der Waals surface area contributed by atoms with E-state index in [0.29, 0.717) is 28.9 Å². The first kappa shape index (κ1) is 30.6. The number of nitrogens with zero attached hydrogens (tertiary/aromatic N) is 4. The van der Waals surface area contributed by atoms with Crippen molar-refractivity contribution in [3.8, 4) is 56.7 Å². The highest BCUT2D eigenvalue weighted by molar-refractivity contribution is 7.26. The molecule has 0 bridgehead atoms. The van der Waals surface area contributed by atoms with Crippen LogP contribution in [0.2, 0.25) is 0 Å². The van der Waals surface area contributed by atoms with Crippen LogP contribution < -0.4 is 0 Å². The third kappa shape index (κ3) is 4.99. The number of aromatic nitrogens is 4. The van der Waals surface area contributed by atoms with E-state index in [1.54, 1.807) is 11.3 Å². The summed E-state index contributed by atoms with van der Waals surface area (Å²) in [6, 6.07) is 58.7. The zero-order chi connectivity index (χ0) is 35.6. The van der Waals surface area contributed by atoms with Gasteiger partial charge in [-0.1, -0.05) is 133 Å². The number of thiophene rings is 1. The van der Waals surface area contributed by atoms with Crippen molar-refractivity contribution >= 4 is 64.2 Å². The standard InChI is InChI=1S/C48H28N4OS/c1-3-15-31(16-4-1)41-35-20-10-9-14-30(35)25-26-37(41)46-50-45(34-24-23-29-13-7-8-19-33(29)27-34)51-47(52-46)43-42-36-21-11-12-22-39(36)54-40(42)28-38-44(43)53-48(49-38)32-17-5-2-6-18-32/h1-28H. The molecule has 11 aromatic rings. The number of rotatable bonds is 5. The van der Waals surface area contributed by atoms with Gasteiger partial charge < -0.3 is 4.42 Å². The molecule has 0 atom stereocenters. The summed E-state index contributed by atoms with van der Waals surface area (Å²) in [5.74, 6) is 2.25. The average Bonchev–Trinajstić information content (AvgIpc) is 3.84. The number of oxazole rings is 1. The third-order valence-electron chi connectivity index (χ3n) is 10.1. The van der Waals surface area contributed by atoms with Crippen molar-refractivity contribution in [1.82, 2.24) is 19.9 Å². The van der Waals surface area contributed by atoms with Gasteiger partial charge in [-0.2, -0.15) is 0 Å². The summed E-state index contributed by atoms with van der Waals surface area (Å²) in [6.45, 7) is 0. The first-order valence-corrected chi connectivity index (χ1v) is 18.7. The Morgan fingerprint density at radius 3 is 1.89 bits per heavy atom. The maximum Gasteiger partial charge on any atom is 0.227 e. The summed E-state index contributed by atoms with van der Waals surface area (Å²) in [5, 5.41) is 6.72. The molecule has 54 heavy (non-hydrogen) atoms. The summed E-state index contributed by atoms with van der Waals surface area (Å²) in [6.07, 6.45) is 0. The molecular weight excluding hydrogens is 681 g/mol. The van der Waals surface area contributed by atoms with Gasteiger partial charge in [-0.05, 0) is 63.5 Å². The van der Waals surface area contributed by atoms with Crippen LogP contribution in [0.15, 0.2) is 174 Å². The van der Waals surface area contributed by atoms with E-state index >= 15 is 0 Å². The Kier molecular flexibility index (Phi) is 6.97. The highest BCUT2D eigenvalue weighted by Crippen LogP contribution is 2.45. The predicted molar refractivity (Wildman–Crippen MR) is 222 cm³/mol. The van der Waals surface area contributed by atoms with Gasteiger partial charge >= 0.3 is 0 Å². The molecule has 8 aromatic carbocycles. The van der Waals surface area contributed by atoms with Crippen LogP contribution >= 0.6 is 11.3 Å².